The van der Waals surface area contributed by atoms with E-state index in [9.17, 15) is 9.59 Å². The molecule has 5 nitrogen and oxygen atoms in total. The quantitative estimate of drug-likeness (QED) is 0.788. The highest BCUT2D eigenvalue weighted by atomic mass is 35.5. The fourth-order valence-electron chi connectivity index (χ4n) is 1.46. The van der Waals surface area contributed by atoms with Crippen LogP contribution in [-0.4, -0.2) is 37.0 Å². The van der Waals surface area contributed by atoms with Gasteiger partial charge in [0.15, 0.2) is 0 Å². The average molecular weight is 302 g/mol. The minimum absolute atomic E-state index is 0.120. The third-order valence-corrected chi connectivity index (χ3v) is 3.46. The molecule has 3 amide bonds. The lowest BCUT2D eigenvalue weighted by Gasteiger charge is -2.18. The van der Waals surface area contributed by atoms with Gasteiger partial charge in [-0.15, -0.1) is 17.9 Å². The Morgan fingerprint density at radius 3 is 2.79 bits per heavy atom. The Morgan fingerprint density at radius 2 is 2.26 bits per heavy atom. The number of rotatable bonds is 6. The SMILES string of the molecule is C=CCN(CC(=O)NC(=O)NC)Cc1ccc(Cl)s1. The van der Waals surface area contributed by atoms with Gasteiger partial charge in [-0.3, -0.25) is 15.0 Å². The van der Waals surface area contributed by atoms with Crippen molar-refractivity contribution in [2.24, 2.45) is 0 Å². The van der Waals surface area contributed by atoms with Crippen molar-refractivity contribution in [1.82, 2.24) is 15.5 Å². The smallest absolute Gasteiger partial charge is 0.321 e. The first-order valence-electron chi connectivity index (χ1n) is 5.64. The van der Waals surface area contributed by atoms with Gasteiger partial charge >= 0.3 is 6.03 Å². The lowest BCUT2D eigenvalue weighted by atomic mass is 10.3. The van der Waals surface area contributed by atoms with Crippen LogP contribution in [0.2, 0.25) is 4.34 Å². The van der Waals surface area contributed by atoms with Gasteiger partial charge in [0, 0.05) is 25.0 Å². The van der Waals surface area contributed by atoms with E-state index in [1.165, 1.54) is 18.4 Å². The molecule has 0 bridgehead atoms. The van der Waals surface area contributed by atoms with Crippen LogP contribution in [0.1, 0.15) is 4.88 Å². The Hall–Kier alpha value is -1.37. The van der Waals surface area contributed by atoms with Gasteiger partial charge in [-0.25, -0.2) is 4.79 Å². The molecule has 0 radical (unpaired) electrons. The summed E-state index contributed by atoms with van der Waals surface area (Å²) in [5.41, 5.74) is 0. The average Bonchev–Trinajstić information content (AvgIpc) is 2.74. The Balaban J connectivity index is 2.54. The number of nitrogens with zero attached hydrogens (tertiary/aromatic N) is 1. The van der Waals surface area contributed by atoms with E-state index < -0.39 is 6.03 Å². The highest BCUT2D eigenvalue weighted by molar-refractivity contribution is 7.16. The van der Waals surface area contributed by atoms with Crippen molar-refractivity contribution in [3.05, 3.63) is 34.0 Å². The van der Waals surface area contributed by atoms with Crippen molar-refractivity contribution >= 4 is 34.9 Å². The van der Waals surface area contributed by atoms with E-state index in [1.54, 1.807) is 6.08 Å². The number of urea groups is 1. The number of hydrogen-bond donors (Lipinski definition) is 2. The van der Waals surface area contributed by atoms with Crippen LogP contribution in [0.4, 0.5) is 4.79 Å². The monoisotopic (exact) mass is 301 g/mol. The summed E-state index contributed by atoms with van der Waals surface area (Å²) < 4.78 is 0.711. The van der Waals surface area contributed by atoms with E-state index in [0.29, 0.717) is 17.4 Å². The summed E-state index contributed by atoms with van der Waals surface area (Å²) in [6, 6.07) is 3.22. The molecule has 1 heterocycles. The van der Waals surface area contributed by atoms with Gasteiger partial charge in [-0.05, 0) is 12.1 Å². The Bertz CT molecular complexity index is 462. The molecule has 19 heavy (non-hydrogen) atoms. The molecule has 0 saturated heterocycles. The van der Waals surface area contributed by atoms with Gasteiger partial charge < -0.3 is 5.32 Å². The molecule has 7 heteroatoms. The molecule has 0 aliphatic carbocycles. The predicted molar refractivity (Wildman–Crippen MR) is 77.4 cm³/mol. The second kappa shape index (κ2) is 7.93. The summed E-state index contributed by atoms with van der Waals surface area (Å²) in [5, 5.41) is 4.55. The van der Waals surface area contributed by atoms with Crippen molar-refractivity contribution in [3.8, 4) is 0 Å². The van der Waals surface area contributed by atoms with E-state index in [1.807, 2.05) is 17.0 Å². The lowest BCUT2D eigenvalue weighted by molar-refractivity contribution is -0.121. The van der Waals surface area contributed by atoms with Crippen molar-refractivity contribution in [1.29, 1.82) is 0 Å². The Kier molecular flexibility index (Phi) is 6.55. The van der Waals surface area contributed by atoms with Gasteiger partial charge in [0.05, 0.1) is 10.9 Å². The van der Waals surface area contributed by atoms with Crippen LogP contribution in [-0.2, 0) is 11.3 Å². The molecule has 0 atom stereocenters. The van der Waals surface area contributed by atoms with Gasteiger partial charge in [0.1, 0.15) is 0 Å². The summed E-state index contributed by atoms with van der Waals surface area (Å²) in [5.74, 6) is -0.358. The molecule has 104 valence electrons. The number of carbonyl (C=O) groups is 2. The van der Waals surface area contributed by atoms with Crippen LogP contribution in [0.15, 0.2) is 24.8 Å². The zero-order chi connectivity index (χ0) is 14.3. The van der Waals surface area contributed by atoms with E-state index >= 15 is 0 Å². The topological polar surface area (TPSA) is 61.4 Å². The standard InChI is InChI=1S/C12H16ClN3O2S/c1-3-6-16(7-9-4-5-10(13)19-9)8-11(17)15-12(18)14-2/h3-5H,1,6-8H2,2H3,(H2,14,15,17,18). The summed E-state index contributed by atoms with van der Waals surface area (Å²) in [6.45, 7) is 4.92. The first-order chi connectivity index (χ1) is 9.05. The molecular weight excluding hydrogens is 286 g/mol. The molecule has 0 fully saturated rings. The van der Waals surface area contributed by atoms with Crippen LogP contribution in [0.3, 0.4) is 0 Å². The van der Waals surface area contributed by atoms with Crippen LogP contribution in [0.25, 0.3) is 0 Å². The molecule has 1 aromatic heterocycles. The van der Waals surface area contributed by atoms with Gasteiger partial charge in [-0.1, -0.05) is 17.7 Å². The first kappa shape index (κ1) is 15.7. The van der Waals surface area contributed by atoms with Gasteiger partial charge in [-0.2, -0.15) is 0 Å². The van der Waals surface area contributed by atoms with Gasteiger partial charge in [0.25, 0.3) is 0 Å². The second-order valence-electron chi connectivity index (χ2n) is 3.79. The third-order valence-electron chi connectivity index (χ3n) is 2.24. The Labute approximate surface area is 121 Å². The number of thiophene rings is 1. The largest absolute Gasteiger partial charge is 0.341 e. The molecule has 1 rings (SSSR count). The third kappa shape index (κ3) is 5.87. The maximum absolute atomic E-state index is 11.6. The molecule has 0 spiro atoms. The summed E-state index contributed by atoms with van der Waals surface area (Å²) in [7, 11) is 1.46. The van der Waals surface area contributed by atoms with Crippen molar-refractivity contribution in [3.63, 3.8) is 0 Å². The number of halogens is 1. The minimum atomic E-state index is -0.511. The van der Waals surface area contributed by atoms with Crippen LogP contribution < -0.4 is 10.6 Å². The summed E-state index contributed by atoms with van der Waals surface area (Å²) in [6.07, 6.45) is 1.71. The van der Waals surface area contributed by atoms with Crippen molar-refractivity contribution in [2.75, 3.05) is 20.1 Å². The first-order valence-corrected chi connectivity index (χ1v) is 6.83. The molecule has 2 N–H and O–H groups in total. The van der Waals surface area contributed by atoms with Crippen molar-refractivity contribution < 1.29 is 9.59 Å². The van der Waals surface area contributed by atoms with E-state index in [-0.39, 0.29) is 12.5 Å². The molecule has 0 saturated carbocycles. The maximum atomic E-state index is 11.6. The molecule has 0 aromatic carbocycles. The highest BCUT2D eigenvalue weighted by Gasteiger charge is 2.13. The zero-order valence-corrected chi connectivity index (χ0v) is 12.2. The van der Waals surface area contributed by atoms with E-state index in [2.05, 4.69) is 17.2 Å². The molecule has 0 aliphatic rings. The van der Waals surface area contributed by atoms with Crippen LogP contribution in [0, 0.1) is 0 Å². The maximum Gasteiger partial charge on any atom is 0.321 e. The van der Waals surface area contributed by atoms with Crippen molar-refractivity contribution in [2.45, 2.75) is 6.54 Å². The molecule has 1 aromatic rings. The molecule has 0 unspecified atom stereocenters. The fraction of sp³-hybridized carbons (Fsp3) is 0.333. The number of nitrogens with one attached hydrogen (secondary N) is 2. The summed E-state index contributed by atoms with van der Waals surface area (Å²) >= 11 is 7.33. The minimum Gasteiger partial charge on any atom is -0.341 e. The molecular formula is C12H16ClN3O2S. The lowest BCUT2D eigenvalue weighted by Crippen LogP contribution is -2.43. The number of hydrogen-bond acceptors (Lipinski definition) is 4. The normalized spacial score (nSPS) is 10.3. The van der Waals surface area contributed by atoms with Crippen LogP contribution >= 0.6 is 22.9 Å². The van der Waals surface area contributed by atoms with E-state index in [0.717, 1.165) is 4.88 Å². The van der Waals surface area contributed by atoms with Gasteiger partial charge in [0.2, 0.25) is 5.91 Å². The predicted octanol–water partition coefficient (Wildman–Crippen LogP) is 1.85. The van der Waals surface area contributed by atoms with Crippen LogP contribution in [0.5, 0.6) is 0 Å². The number of carbonyl (C=O) groups excluding carboxylic acids is 2. The summed E-state index contributed by atoms with van der Waals surface area (Å²) in [4.78, 5) is 25.6. The zero-order valence-electron chi connectivity index (χ0n) is 10.6. The second-order valence-corrected chi connectivity index (χ2v) is 5.59. The number of amides is 3. The molecule has 0 aliphatic heterocycles. The number of imide groups is 1. The van der Waals surface area contributed by atoms with E-state index in [4.69, 9.17) is 11.6 Å². The highest BCUT2D eigenvalue weighted by Crippen LogP contribution is 2.22. The fourth-order valence-corrected chi connectivity index (χ4v) is 2.59. The Morgan fingerprint density at radius 1 is 1.53 bits per heavy atom.